The molecule has 6 nitrogen and oxygen atoms in total. The summed E-state index contributed by atoms with van der Waals surface area (Å²) in [5.41, 5.74) is 3.10. The van der Waals surface area contributed by atoms with E-state index in [1.54, 1.807) is 38.4 Å². The molecule has 1 aromatic heterocycles. The molecule has 0 aliphatic heterocycles. The number of hydrogen-bond donors (Lipinski definition) is 2. The molecule has 0 unspecified atom stereocenters. The second kappa shape index (κ2) is 7.31. The van der Waals surface area contributed by atoms with E-state index in [0.29, 0.717) is 11.3 Å². The predicted octanol–water partition coefficient (Wildman–Crippen LogP) is 2.94. The Morgan fingerprint density at radius 3 is 2.58 bits per heavy atom. The minimum absolute atomic E-state index is 0.100. The molecular formula is C20H22N4O2. The summed E-state index contributed by atoms with van der Waals surface area (Å²) in [5.74, 6) is -0.248. The largest absolute Gasteiger partial charge is 0.364 e. The van der Waals surface area contributed by atoms with Crippen LogP contribution in [0, 0.1) is 0 Å². The van der Waals surface area contributed by atoms with E-state index in [2.05, 4.69) is 10.3 Å². The maximum absolute atomic E-state index is 12.4. The zero-order valence-corrected chi connectivity index (χ0v) is 15.1. The van der Waals surface area contributed by atoms with Crippen molar-refractivity contribution < 1.29 is 9.59 Å². The SMILES string of the molecule is CN(C)C(=O)c1cccc(NC(=O)CN(C)c2cccc3cc[nH]c23)c1. The number of carbonyl (C=O) groups excluding carboxylic acids is 2. The minimum Gasteiger partial charge on any atom is -0.364 e. The summed E-state index contributed by atoms with van der Waals surface area (Å²) in [5, 5.41) is 3.96. The van der Waals surface area contributed by atoms with E-state index in [9.17, 15) is 9.59 Å². The Morgan fingerprint density at radius 1 is 1.04 bits per heavy atom. The van der Waals surface area contributed by atoms with Crippen LogP contribution in [0.15, 0.2) is 54.7 Å². The summed E-state index contributed by atoms with van der Waals surface area (Å²) in [6.45, 7) is 0.198. The summed E-state index contributed by atoms with van der Waals surface area (Å²) in [7, 11) is 5.27. The van der Waals surface area contributed by atoms with Crippen LogP contribution in [0.4, 0.5) is 11.4 Å². The lowest BCUT2D eigenvalue weighted by Crippen LogP contribution is -2.30. The van der Waals surface area contributed by atoms with Crippen LogP contribution >= 0.6 is 0 Å². The van der Waals surface area contributed by atoms with Crippen molar-refractivity contribution in [3.8, 4) is 0 Å². The molecule has 0 spiro atoms. The number of H-pyrrole nitrogens is 1. The van der Waals surface area contributed by atoms with Gasteiger partial charge in [-0.2, -0.15) is 0 Å². The van der Waals surface area contributed by atoms with Gasteiger partial charge in [-0.1, -0.05) is 18.2 Å². The smallest absolute Gasteiger partial charge is 0.253 e. The summed E-state index contributed by atoms with van der Waals surface area (Å²) >= 11 is 0. The van der Waals surface area contributed by atoms with Crippen LogP contribution in [0.25, 0.3) is 10.9 Å². The Kier molecular flexibility index (Phi) is 4.93. The maximum Gasteiger partial charge on any atom is 0.253 e. The van der Waals surface area contributed by atoms with Crippen molar-refractivity contribution in [1.82, 2.24) is 9.88 Å². The monoisotopic (exact) mass is 350 g/mol. The van der Waals surface area contributed by atoms with Crippen molar-refractivity contribution >= 4 is 34.1 Å². The standard InChI is InChI=1S/C20H22N4O2/c1-23(2)20(26)15-7-4-8-16(12-15)22-18(25)13-24(3)17-9-5-6-14-10-11-21-19(14)17/h4-12,21H,13H2,1-3H3,(H,22,25). The number of aromatic amines is 1. The van der Waals surface area contributed by atoms with Crippen LogP contribution < -0.4 is 10.2 Å². The summed E-state index contributed by atoms with van der Waals surface area (Å²) in [6.07, 6.45) is 1.88. The highest BCUT2D eigenvalue weighted by Gasteiger charge is 2.13. The van der Waals surface area contributed by atoms with Crippen LogP contribution in [-0.2, 0) is 4.79 Å². The molecule has 134 valence electrons. The highest BCUT2D eigenvalue weighted by molar-refractivity contribution is 5.99. The number of nitrogens with one attached hydrogen (secondary N) is 2. The predicted molar refractivity (Wildman–Crippen MR) is 105 cm³/mol. The highest BCUT2D eigenvalue weighted by atomic mass is 16.2. The number of likely N-dealkylation sites (N-methyl/N-ethyl adjacent to an activating group) is 1. The van der Waals surface area contributed by atoms with Crippen molar-refractivity contribution in [3.63, 3.8) is 0 Å². The first kappa shape index (κ1) is 17.5. The molecular weight excluding hydrogens is 328 g/mol. The third-order valence-electron chi connectivity index (χ3n) is 4.16. The summed E-state index contributed by atoms with van der Waals surface area (Å²) < 4.78 is 0. The average molecular weight is 350 g/mol. The Morgan fingerprint density at radius 2 is 1.81 bits per heavy atom. The van der Waals surface area contributed by atoms with Crippen molar-refractivity contribution in [2.24, 2.45) is 0 Å². The van der Waals surface area contributed by atoms with Gasteiger partial charge >= 0.3 is 0 Å². The van der Waals surface area contributed by atoms with Crippen LogP contribution in [0.1, 0.15) is 10.4 Å². The summed E-state index contributed by atoms with van der Waals surface area (Å²) in [4.78, 5) is 31.1. The second-order valence-electron chi connectivity index (χ2n) is 6.40. The molecule has 6 heteroatoms. The first-order chi connectivity index (χ1) is 12.5. The van der Waals surface area contributed by atoms with Gasteiger partial charge in [0.1, 0.15) is 0 Å². The van der Waals surface area contributed by atoms with Gasteiger partial charge in [-0.05, 0) is 30.3 Å². The van der Waals surface area contributed by atoms with Gasteiger partial charge in [0.15, 0.2) is 0 Å². The van der Waals surface area contributed by atoms with Gasteiger partial charge in [-0.3, -0.25) is 9.59 Å². The number of amides is 2. The van der Waals surface area contributed by atoms with Crippen molar-refractivity contribution in [1.29, 1.82) is 0 Å². The third kappa shape index (κ3) is 3.69. The lowest BCUT2D eigenvalue weighted by atomic mass is 10.2. The molecule has 2 amide bonds. The zero-order chi connectivity index (χ0) is 18.7. The van der Waals surface area contributed by atoms with E-state index >= 15 is 0 Å². The number of para-hydroxylation sites is 1. The minimum atomic E-state index is -0.148. The molecule has 0 aliphatic carbocycles. The average Bonchev–Trinajstić information content (AvgIpc) is 3.09. The van der Waals surface area contributed by atoms with Crippen molar-refractivity contribution in [2.75, 3.05) is 37.9 Å². The van der Waals surface area contributed by atoms with Crippen molar-refractivity contribution in [3.05, 3.63) is 60.3 Å². The lowest BCUT2D eigenvalue weighted by molar-refractivity contribution is -0.114. The number of rotatable bonds is 5. The Balaban J connectivity index is 1.70. The van der Waals surface area contributed by atoms with Gasteiger partial charge in [0, 0.05) is 44.0 Å². The van der Waals surface area contributed by atoms with Gasteiger partial charge in [-0.25, -0.2) is 0 Å². The number of aromatic nitrogens is 1. The number of nitrogens with zero attached hydrogens (tertiary/aromatic N) is 2. The zero-order valence-electron chi connectivity index (χ0n) is 15.1. The van der Waals surface area contributed by atoms with Gasteiger partial charge in [0.2, 0.25) is 5.91 Å². The Hall–Kier alpha value is -3.28. The molecule has 0 radical (unpaired) electrons. The van der Waals surface area contributed by atoms with Gasteiger partial charge in [0.05, 0.1) is 17.7 Å². The fourth-order valence-corrected chi connectivity index (χ4v) is 2.88. The highest BCUT2D eigenvalue weighted by Crippen LogP contribution is 2.24. The van der Waals surface area contributed by atoms with E-state index < -0.39 is 0 Å². The molecule has 3 rings (SSSR count). The van der Waals surface area contributed by atoms with Crippen LogP contribution in [-0.4, -0.2) is 49.4 Å². The first-order valence-electron chi connectivity index (χ1n) is 8.34. The van der Waals surface area contributed by atoms with Crippen LogP contribution in [0.3, 0.4) is 0 Å². The number of anilines is 2. The molecule has 0 fully saturated rings. The van der Waals surface area contributed by atoms with E-state index in [0.717, 1.165) is 16.6 Å². The molecule has 0 saturated carbocycles. The van der Waals surface area contributed by atoms with Gasteiger partial charge < -0.3 is 20.1 Å². The van der Waals surface area contributed by atoms with Crippen LogP contribution in [0.2, 0.25) is 0 Å². The first-order valence-corrected chi connectivity index (χ1v) is 8.34. The number of fused-ring (bicyclic) bond motifs is 1. The fraction of sp³-hybridized carbons (Fsp3) is 0.200. The van der Waals surface area contributed by atoms with Gasteiger partial charge in [0.25, 0.3) is 5.91 Å². The topological polar surface area (TPSA) is 68.4 Å². The molecule has 0 atom stereocenters. The molecule has 2 aromatic carbocycles. The number of hydrogen-bond acceptors (Lipinski definition) is 3. The molecule has 3 aromatic rings. The normalized spacial score (nSPS) is 10.6. The Labute approximate surface area is 152 Å². The molecule has 0 saturated heterocycles. The number of benzene rings is 2. The van der Waals surface area contributed by atoms with E-state index in [1.807, 2.05) is 42.4 Å². The van der Waals surface area contributed by atoms with Crippen molar-refractivity contribution in [2.45, 2.75) is 0 Å². The fourth-order valence-electron chi connectivity index (χ4n) is 2.88. The van der Waals surface area contributed by atoms with E-state index in [-0.39, 0.29) is 18.4 Å². The molecule has 0 bridgehead atoms. The summed E-state index contributed by atoms with van der Waals surface area (Å²) in [6, 6.07) is 14.9. The van der Waals surface area contributed by atoms with E-state index in [1.165, 1.54) is 4.90 Å². The molecule has 2 N–H and O–H groups in total. The number of carbonyl (C=O) groups is 2. The molecule has 1 heterocycles. The van der Waals surface area contributed by atoms with Crippen LogP contribution in [0.5, 0.6) is 0 Å². The Bertz CT molecular complexity index is 946. The second-order valence-corrected chi connectivity index (χ2v) is 6.40. The molecule has 0 aliphatic rings. The maximum atomic E-state index is 12.4. The van der Waals surface area contributed by atoms with E-state index in [4.69, 9.17) is 0 Å². The lowest BCUT2D eigenvalue weighted by Gasteiger charge is -2.20. The van der Waals surface area contributed by atoms with Gasteiger partial charge in [-0.15, -0.1) is 0 Å². The quantitative estimate of drug-likeness (QED) is 0.743. The third-order valence-corrected chi connectivity index (χ3v) is 4.16. The molecule has 26 heavy (non-hydrogen) atoms.